The van der Waals surface area contributed by atoms with Crippen LogP contribution in [0.4, 0.5) is 0 Å². The Morgan fingerprint density at radius 1 is 0.818 bits per heavy atom. The first-order valence-electron chi connectivity index (χ1n) is 14.1. The first-order chi connectivity index (χ1) is 16.0. The van der Waals surface area contributed by atoms with Crippen molar-refractivity contribution in [2.24, 2.45) is 11.8 Å². The number of allylic oxidation sites excluding steroid dienone is 1. The number of hydrogen-bond donors (Lipinski definition) is 1. The molecule has 0 aromatic heterocycles. The van der Waals surface area contributed by atoms with Crippen LogP contribution in [0.25, 0.3) is 0 Å². The molecule has 1 rings (SSSR count). The molecular formula is C29H52O4. The molecule has 0 aromatic carbocycles. The summed E-state index contributed by atoms with van der Waals surface area (Å²) in [5.74, 6) is -1.39. The molecule has 33 heavy (non-hydrogen) atoms. The molecule has 0 spiro atoms. The maximum absolute atomic E-state index is 12.2. The zero-order valence-corrected chi connectivity index (χ0v) is 21.7. The highest BCUT2D eigenvalue weighted by atomic mass is 16.5. The Morgan fingerprint density at radius 2 is 1.30 bits per heavy atom. The average Bonchev–Trinajstić information content (AvgIpc) is 2.79. The second kappa shape index (κ2) is 20.1. The molecule has 1 atom stereocenters. The highest BCUT2D eigenvalue weighted by Gasteiger charge is 2.24. The van der Waals surface area contributed by atoms with Gasteiger partial charge in [-0.2, -0.15) is 0 Å². The topological polar surface area (TPSA) is 63.6 Å². The van der Waals surface area contributed by atoms with Gasteiger partial charge in [0.25, 0.3) is 0 Å². The second-order valence-corrected chi connectivity index (χ2v) is 10.3. The van der Waals surface area contributed by atoms with Crippen LogP contribution in [0, 0.1) is 11.8 Å². The van der Waals surface area contributed by atoms with E-state index in [1.807, 2.05) is 6.08 Å². The summed E-state index contributed by atoms with van der Waals surface area (Å²) in [4.78, 5) is 23.7. The summed E-state index contributed by atoms with van der Waals surface area (Å²) in [6.45, 7) is 4.49. The van der Waals surface area contributed by atoms with Crippen molar-refractivity contribution in [3.8, 4) is 0 Å². The van der Waals surface area contributed by atoms with Crippen molar-refractivity contribution < 1.29 is 19.4 Å². The Bertz CT molecular complexity index is 520. The van der Waals surface area contributed by atoms with Crippen molar-refractivity contribution >= 4 is 11.9 Å². The van der Waals surface area contributed by atoms with Crippen molar-refractivity contribution in [1.82, 2.24) is 0 Å². The smallest absolute Gasteiger partial charge is 0.310 e. The van der Waals surface area contributed by atoms with Crippen LogP contribution in [0.2, 0.25) is 0 Å². The fourth-order valence-corrected chi connectivity index (χ4v) is 4.72. The number of esters is 1. The molecular weight excluding hydrogens is 412 g/mol. The molecule has 1 unspecified atom stereocenters. The average molecular weight is 465 g/mol. The molecule has 0 radical (unpaired) electrons. The molecule has 4 nitrogen and oxygen atoms in total. The first-order valence-corrected chi connectivity index (χ1v) is 14.1. The molecule has 1 aliphatic carbocycles. The van der Waals surface area contributed by atoms with Crippen molar-refractivity contribution in [3.63, 3.8) is 0 Å². The molecule has 0 aromatic rings. The summed E-state index contributed by atoms with van der Waals surface area (Å²) in [5, 5.41) is 9.43. The summed E-state index contributed by atoms with van der Waals surface area (Å²) in [6.07, 6.45) is 27.1. The van der Waals surface area contributed by atoms with Gasteiger partial charge in [-0.25, -0.2) is 0 Å². The normalized spacial score (nSPS) is 19.6. The molecule has 0 saturated heterocycles. The highest BCUT2D eigenvalue weighted by molar-refractivity contribution is 5.80. The second-order valence-electron chi connectivity index (χ2n) is 10.3. The van der Waals surface area contributed by atoms with E-state index in [9.17, 15) is 14.7 Å². The molecule has 1 fully saturated rings. The Morgan fingerprint density at radius 3 is 1.79 bits per heavy atom. The highest BCUT2D eigenvalue weighted by Crippen LogP contribution is 2.26. The first kappa shape index (κ1) is 29.7. The third-order valence-electron chi connectivity index (χ3n) is 7.06. The summed E-state index contributed by atoms with van der Waals surface area (Å²) in [6, 6.07) is 0. The van der Waals surface area contributed by atoms with Gasteiger partial charge in [-0.1, -0.05) is 109 Å². The van der Waals surface area contributed by atoms with Crippen molar-refractivity contribution in [3.05, 3.63) is 12.2 Å². The standard InChI is InChI=1S/C29H52O4/c1-3-4-5-6-7-8-9-10-11-12-13-14-15-16-17-18-19-26(29(31)32)24-28(30)33-27-22-20-25(2)21-23-27/h18-19,25-27H,3-17,20-24H2,1-2H3,(H,31,32). The molecule has 0 aliphatic heterocycles. The van der Waals surface area contributed by atoms with Crippen LogP contribution in [0.1, 0.15) is 142 Å². The molecule has 1 saturated carbocycles. The number of carbonyl (C=O) groups is 2. The van der Waals surface area contributed by atoms with Crippen LogP contribution in [0.5, 0.6) is 0 Å². The number of ether oxygens (including phenoxy) is 1. The van der Waals surface area contributed by atoms with Gasteiger partial charge in [0, 0.05) is 0 Å². The molecule has 0 bridgehead atoms. The van der Waals surface area contributed by atoms with Gasteiger partial charge in [0.15, 0.2) is 0 Å². The zero-order chi connectivity index (χ0) is 24.2. The van der Waals surface area contributed by atoms with E-state index in [0.29, 0.717) is 5.92 Å². The Hall–Kier alpha value is -1.32. The molecule has 1 N–H and O–H groups in total. The van der Waals surface area contributed by atoms with E-state index in [2.05, 4.69) is 13.8 Å². The molecule has 0 heterocycles. The quantitative estimate of drug-likeness (QED) is 0.111. The Balaban J connectivity index is 2.00. The number of hydrogen-bond acceptors (Lipinski definition) is 3. The number of unbranched alkanes of at least 4 members (excludes halogenated alkanes) is 14. The zero-order valence-electron chi connectivity index (χ0n) is 21.7. The lowest BCUT2D eigenvalue weighted by atomic mass is 9.89. The lowest BCUT2D eigenvalue weighted by Crippen LogP contribution is -2.26. The number of aliphatic carboxylic acids is 1. The summed E-state index contributed by atoms with van der Waals surface area (Å²) in [7, 11) is 0. The van der Waals surface area contributed by atoms with Gasteiger partial charge < -0.3 is 9.84 Å². The van der Waals surface area contributed by atoms with Crippen LogP contribution >= 0.6 is 0 Å². The summed E-state index contributed by atoms with van der Waals surface area (Å²) >= 11 is 0. The summed E-state index contributed by atoms with van der Waals surface area (Å²) in [5.41, 5.74) is 0. The molecule has 1 aliphatic rings. The lowest BCUT2D eigenvalue weighted by molar-refractivity contribution is -0.155. The largest absolute Gasteiger partial charge is 0.481 e. The minimum atomic E-state index is -0.943. The Labute approximate surface area is 203 Å². The maximum atomic E-state index is 12.2. The number of rotatable bonds is 20. The van der Waals surface area contributed by atoms with Crippen LogP contribution in [0.3, 0.4) is 0 Å². The minimum Gasteiger partial charge on any atom is -0.481 e. The van der Waals surface area contributed by atoms with E-state index in [1.165, 1.54) is 83.5 Å². The van der Waals surface area contributed by atoms with E-state index < -0.39 is 11.9 Å². The summed E-state index contributed by atoms with van der Waals surface area (Å²) < 4.78 is 5.52. The van der Waals surface area contributed by atoms with Gasteiger partial charge in [-0.05, 0) is 44.4 Å². The molecule has 4 heteroatoms. The van der Waals surface area contributed by atoms with Gasteiger partial charge in [-0.15, -0.1) is 0 Å². The van der Waals surface area contributed by atoms with Crippen LogP contribution in [-0.2, 0) is 14.3 Å². The van der Waals surface area contributed by atoms with Crippen LogP contribution in [-0.4, -0.2) is 23.1 Å². The van der Waals surface area contributed by atoms with Crippen molar-refractivity contribution in [2.75, 3.05) is 0 Å². The van der Waals surface area contributed by atoms with Gasteiger partial charge >= 0.3 is 11.9 Å². The number of carboxylic acid groups (broad SMARTS) is 1. The third kappa shape index (κ3) is 16.9. The van der Waals surface area contributed by atoms with Gasteiger partial charge in [0.1, 0.15) is 6.10 Å². The van der Waals surface area contributed by atoms with Gasteiger partial charge in [0.2, 0.25) is 0 Å². The SMILES string of the molecule is CCCCCCCCCCCCCCCCC=CC(CC(=O)OC1CCC(C)CC1)C(=O)O. The monoisotopic (exact) mass is 464 g/mol. The van der Waals surface area contributed by atoms with Crippen LogP contribution in [0.15, 0.2) is 12.2 Å². The van der Waals surface area contributed by atoms with Crippen molar-refractivity contribution in [2.45, 2.75) is 148 Å². The molecule has 0 amide bonds. The van der Waals surface area contributed by atoms with Gasteiger partial charge in [-0.3, -0.25) is 9.59 Å². The maximum Gasteiger partial charge on any atom is 0.310 e. The van der Waals surface area contributed by atoms with Crippen LogP contribution < -0.4 is 0 Å². The fourth-order valence-electron chi connectivity index (χ4n) is 4.72. The van der Waals surface area contributed by atoms with E-state index in [1.54, 1.807) is 6.08 Å². The number of carbonyl (C=O) groups excluding carboxylic acids is 1. The predicted molar refractivity (Wildman–Crippen MR) is 137 cm³/mol. The third-order valence-corrected chi connectivity index (χ3v) is 7.06. The van der Waals surface area contributed by atoms with E-state index >= 15 is 0 Å². The molecule has 192 valence electrons. The number of carboxylic acids is 1. The fraction of sp³-hybridized carbons (Fsp3) is 0.862. The van der Waals surface area contributed by atoms with E-state index in [0.717, 1.165) is 38.5 Å². The predicted octanol–water partition coefficient (Wildman–Crippen LogP) is 8.63. The van der Waals surface area contributed by atoms with E-state index in [-0.39, 0.29) is 18.5 Å². The minimum absolute atomic E-state index is 0.0253. The van der Waals surface area contributed by atoms with Gasteiger partial charge in [0.05, 0.1) is 12.3 Å². The van der Waals surface area contributed by atoms with E-state index in [4.69, 9.17) is 4.74 Å². The lowest BCUT2D eigenvalue weighted by Gasteiger charge is -2.26. The van der Waals surface area contributed by atoms with Crippen molar-refractivity contribution in [1.29, 1.82) is 0 Å². The Kier molecular flexibility index (Phi) is 18.1.